The number of phenolic OH excluding ortho intramolecular Hbond substituents is 1. The third-order valence-corrected chi connectivity index (χ3v) is 2.77. The van der Waals surface area contributed by atoms with Crippen molar-refractivity contribution in [3.8, 4) is 17.2 Å². The zero-order chi connectivity index (χ0) is 13.2. The molecule has 0 aliphatic rings. The van der Waals surface area contributed by atoms with Gasteiger partial charge < -0.3 is 20.3 Å². The second kappa shape index (κ2) is 4.84. The number of benzene rings is 1. The van der Waals surface area contributed by atoms with Crippen LogP contribution in [0.2, 0.25) is 0 Å². The van der Waals surface area contributed by atoms with Gasteiger partial charge in [0.2, 0.25) is 0 Å². The number of methoxy groups -OCH3 is 2. The Balaban J connectivity index is 3.38. The number of ether oxygens (including phenoxy) is 2. The maximum absolute atomic E-state index is 9.56. The molecule has 0 amide bonds. The highest BCUT2D eigenvalue weighted by Gasteiger charge is 2.28. The molecule has 0 radical (unpaired) electrons. The van der Waals surface area contributed by atoms with Gasteiger partial charge in [0, 0.05) is 18.2 Å². The van der Waals surface area contributed by atoms with Gasteiger partial charge in [-0.1, -0.05) is 20.8 Å². The quantitative estimate of drug-likeness (QED) is 0.850. The van der Waals surface area contributed by atoms with Crippen molar-refractivity contribution >= 4 is 0 Å². The van der Waals surface area contributed by atoms with E-state index in [2.05, 4.69) is 0 Å². The molecule has 0 bridgehead atoms. The zero-order valence-corrected chi connectivity index (χ0v) is 11.1. The van der Waals surface area contributed by atoms with Gasteiger partial charge in [-0.2, -0.15) is 0 Å². The summed E-state index contributed by atoms with van der Waals surface area (Å²) >= 11 is 0. The molecule has 0 saturated heterocycles. The first-order valence-corrected chi connectivity index (χ1v) is 5.51. The molecule has 0 unspecified atom stereocenters. The highest BCUT2D eigenvalue weighted by Crippen LogP contribution is 2.43. The van der Waals surface area contributed by atoms with Gasteiger partial charge in [0.25, 0.3) is 0 Å². The lowest BCUT2D eigenvalue weighted by molar-refractivity contribution is 0.299. The Morgan fingerprint density at radius 3 is 1.82 bits per heavy atom. The molecule has 1 aromatic carbocycles. The Hall–Kier alpha value is -1.42. The Kier molecular flexibility index (Phi) is 3.88. The summed E-state index contributed by atoms with van der Waals surface area (Å²) in [7, 11) is 3.10. The van der Waals surface area contributed by atoms with Crippen LogP contribution in [0.5, 0.6) is 17.2 Å². The Morgan fingerprint density at radius 2 is 1.53 bits per heavy atom. The second-order valence-electron chi connectivity index (χ2n) is 5.11. The zero-order valence-electron chi connectivity index (χ0n) is 11.1. The SMILES string of the molecule is COc1cc(O)cc(OC)c1[C@@H](N)C(C)(C)C. The van der Waals surface area contributed by atoms with Crippen LogP contribution >= 0.6 is 0 Å². The molecular formula is C13H21NO3. The number of hydrogen-bond acceptors (Lipinski definition) is 4. The summed E-state index contributed by atoms with van der Waals surface area (Å²) in [5.41, 5.74) is 6.88. The van der Waals surface area contributed by atoms with Gasteiger partial charge in [0.1, 0.15) is 17.2 Å². The third-order valence-electron chi connectivity index (χ3n) is 2.77. The molecule has 0 saturated carbocycles. The van der Waals surface area contributed by atoms with Crippen molar-refractivity contribution < 1.29 is 14.6 Å². The summed E-state index contributed by atoms with van der Waals surface area (Å²) < 4.78 is 10.5. The highest BCUT2D eigenvalue weighted by atomic mass is 16.5. The van der Waals surface area contributed by atoms with E-state index in [0.717, 1.165) is 5.56 Å². The van der Waals surface area contributed by atoms with Crippen LogP contribution < -0.4 is 15.2 Å². The average Bonchev–Trinajstić information content (AvgIpc) is 2.25. The maximum Gasteiger partial charge on any atom is 0.131 e. The first-order valence-electron chi connectivity index (χ1n) is 5.51. The summed E-state index contributed by atoms with van der Waals surface area (Å²) in [5, 5.41) is 9.56. The van der Waals surface area contributed by atoms with Gasteiger partial charge >= 0.3 is 0 Å². The van der Waals surface area contributed by atoms with Crippen molar-refractivity contribution in [2.75, 3.05) is 14.2 Å². The molecule has 1 rings (SSSR count). The summed E-state index contributed by atoms with van der Waals surface area (Å²) in [6, 6.07) is 2.85. The van der Waals surface area contributed by atoms with Crippen LogP contribution in [0.15, 0.2) is 12.1 Å². The summed E-state index contributed by atoms with van der Waals surface area (Å²) in [6.45, 7) is 6.14. The summed E-state index contributed by atoms with van der Waals surface area (Å²) in [5.74, 6) is 1.19. The van der Waals surface area contributed by atoms with Crippen molar-refractivity contribution in [2.45, 2.75) is 26.8 Å². The molecule has 0 aromatic heterocycles. The fraction of sp³-hybridized carbons (Fsp3) is 0.538. The number of aromatic hydroxyl groups is 1. The lowest BCUT2D eigenvalue weighted by Crippen LogP contribution is -2.27. The van der Waals surface area contributed by atoms with Crippen LogP contribution in [0.1, 0.15) is 32.4 Å². The molecular weight excluding hydrogens is 218 g/mol. The molecule has 3 N–H and O–H groups in total. The number of hydrogen-bond donors (Lipinski definition) is 2. The van der Waals surface area contributed by atoms with Gasteiger partial charge in [-0.25, -0.2) is 0 Å². The molecule has 0 spiro atoms. The number of rotatable bonds is 3. The molecule has 1 aromatic rings. The lowest BCUT2D eigenvalue weighted by Gasteiger charge is -2.29. The van der Waals surface area contributed by atoms with Crippen molar-refractivity contribution in [3.05, 3.63) is 17.7 Å². The van der Waals surface area contributed by atoms with E-state index in [1.54, 1.807) is 26.4 Å². The molecule has 17 heavy (non-hydrogen) atoms. The van der Waals surface area contributed by atoms with E-state index in [0.29, 0.717) is 11.5 Å². The van der Waals surface area contributed by atoms with Gasteiger partial charge in [-0.15, -0.1) is 0 Å². The van der Waals surface area contributed by atoms with Crippen LogP contribution in [0, 0.1) is 5.41 Å². The Bertz CT molecular complexity index is 371. The monoisotopic (exact) mass is 239 g/mol. The molecule has 4 nitrogen and oxygen atoms in total. The molecule has 96 valence electrons. The minimum Gasteiger partial charge on any atom is -0.508 e. The van der Waals surface area contributed by atoms with Crippen molar-refractivity contribution in [1.29, 1.82) is 0 Å². The molecule has 0 fully saturated rings. The normalized spacial score (nSPS) is 13.3. The second-order valence-corrected chi connectivity index (χ2v) is 5.11. The van der Waals surface area contributed by atoms with Crippen molar-refractivity contribution in [2.24, 2.45) is 11.1 Å². The summed E-state index contributed by atoms with van der Waals surface area (Å²) in [4.78, 5) is 0. The first kappa shape index (κ1) is 13.6. The molecule has 0 heterocycles. The van der Waals surface area contributed by atoms with E-state index in [-0.39, 0.29) is 17.2 Å². The van der Waals surface area contributed by atoms with E-state index in [1.807, 2.05) is 20.8 Å². The predicted molar refractivity (Wildman–Crippen MR) is 67.6 cm³/mol. The molecule has 0 aliphatic heterocycles. The third kappa shape index (κ3) is 2.82. The van der Waals surface area contributed by atoms with Crippen LogP contribution in [0.3, 0.4) is 0 Å². The maximum atomic E-state index is 9.56. The Labute approximate surface area is 102 Å². The van der Waals surface area contributed by atoms with Crippen LogP contribution in [0.25, 0.3) is 0 Å². The average molecular weight is 239 g/mol. The molecule has 1 atom stereocenters. The minimum absolute atomic E-state index is 0.101. The molecule has 0 aliphatic carbocycles. The number of nitrogens with two attached hydrogens (primary N) is 1. The van der Waals surface area contributed by atoms with E-state index in [9.17, 15) is 5.11 Å². The smallest absolute Gasteiger partial charge is 0.131 e. The van der Waals surface area contributed by atoms with Crippen molar-refractivity contribution in [3.63, 3.8) is 0 Å². The molecule has 4 heteroatoms. The predicted octanol–water partition coefficient (Wildman–Crippen LogP) is 2.46. The van der Waals surface area contributed by atoms with Crippen LogP contribution in [0.4, 0.5) is 0 Å². The topological polar surface area (TPSA) is 64.7 Å². The number of phenols is 1. The largest absolute Gasteiger partial charge is 0.508 e. The fourth-order valence-corrected chi connectivity index (χ4v) is 1.66. The van der Waals surface area contributed by atoms with Gasteiger partial charge in [-0.3, -0.25) is 0 Å². The van der Waals surface area contributed by atoms with E-state index in [4.69, 9.17) is 15.2 Å². The van der Waals surface area contributed by atoms with E-state index < -0.39 is 0 Å². The van der Waals surface area contributed by atoms with E-state index in [1.165, 1.54) is 0 Å². The van der Waals surface area contributed by atoms with Gasteiger partial charge in [0.15, 0.2) is 0 Å². The van der Waals surface area contributed by atoms with Crippen LogP contribution in [-0.4, -0.2) is 19.3 Å². The van der Waals surface area contributed by atoms with E-state index >= 15 is 0 Å². The van der Waals surface area contributed by atoms with Gasteiger partial charge in [0.05, 0.1) is 19.8 Å². The lowest BCUT2D eigenvalue weighted by atomic mass is 9.82. The standard InChI is InChI=1S/C13H21NO3/c1-13(2,3)12(14)11-9(16-4)6-8(15)7-10(11)17-5/h6-7,12,15H,14H2,1-5H3/t12-/m1/s1. The summed E-state index contributed by atoms with van der Waals surface area (Å²) in [6.07, 6.45) is 0. The van der Waals surface area contributed by atoms with Crippen LogP contribution in [-0.2, 0) is 0 Å². The Morgan fingerprint density at radius 1 is 1.12 bits per heavy atom. The van der Waals surface area contributed by atoms with Gasteiger partial charge in [-0.05, 0) is 5.41 Å². The minimum atomic E-state index is -0.243. The first-order chi connectivity index (χ1) is 7.81. The van der Waals surface area contributed by atoms with Crippen molar-refractivity contribution in [1.82, 2.24) is 0 Å². The fourth-order valence-electron chi connectivity index (χ4n) is 1.66. The highest BCUT2D eigenvalue weighted by molar-refractivity contribution is 5.52.